The van der Waals surface area contributed by atoms with Crippen LogP contribution in [0.4, 0.5) is 0 Å². The minimum absolute atomic E-state index is 0.121. The molecular weight excluding hydrogens is 352 g/mol. The number of nitrogens with two attached hydrogens (primary N) is 1. The van der Waals surface area contributed by atoms with E-state index in [-0.39, 0.29) is 5.91 Å². The molecule has 142 valence electrons. The molecule has 0 aliphatic carbocycles. The molecule has 28 heavy (non-hydrogen) atoms. The summed E-state index contributed by atoms with van der Waals surface area (Å²) < 4.78 is 5.14. The zero-order valence-electron chi connectivity index (χ0n) is 15.6. The molecule has 0 heterocycles. The van der Waals surface area contributed by atoms with Crippen molar-refractivity contribution in [2.45, 2.75) is 6.42 Å². The number of primary amides is 1. The van der Waals surface area contributed by atoms with Gasteiger partial charge in [0.1, 0.15) is 5.75 Å². The molecule has 0 unspecified atom stereocenters. The van der Waals surface area contributed by atoms with Gasteiger partial charge in [-0.25, -0.2) is 0 Å². The van der Waals surface area contributed by atoms with Gasteiger partial charge in [0.25, 0.3) is 5.91 Å². The summed E-state index contributed by atoms with van der Waals surface area (Å²) >= 11 is 0. The summed E-state index contributed by atoms with van der Waals surface area (Å²) in [6.45, 7) is 0.544. The van der Waals surface area contributed by atoms with Crippen LogP contribution in [0.3, 0.4) is 0 Å². The number of rotatable bonds is 7. The van der Waals surface area contributed by atoms with Gasteiger partial charge in [-0.15, -0.1) is 0 Å². The van der Waals surface area contributed by atoms with E-state index in [2.05, 4.69) is 5.32 Å². The number of benzene rings is 3. The molecule has 0 aliphatic heterocycles. The number of carbonyl (C=O) groups is 2. The van der Waals surface area contributed by atoms with Crippen molar-refractivity contribution in [1.29, 1.82) is 0 Å². The molecule has 0 aliphatic rings. The number of ether oxygens (including phenoxy) is 1. The van der Waals surface area contributed by atoms with Crippen molar-refractivity contribution in [3.63, 3.8) is 0 Å². The van der Waals surface area contributed by atoms with E-state index in [0.29, 0.717) is 17.7 Å². The Morgan fingerprint density at radius 2 is 1.61 bits per heavy atom. The third kappa shape index (κ3) is 4.76. The van der Waals surface area contributed by atoms with E-state index in [1.165, 1.54) is 0 Å². The standard InChI is InChI=1S/C23H22N2O3/c1-28-21-11-5-16(6-12-21)13-14-25-23(27)20-4-2-3-19(15-20)17-7-9-18(10-8-17)22(24)26/h2-12,15H,13-14H2,1H3,(H2,24,26)(H,25,27). The highest BCUT2D eigenvalue weighted by Crippen LogP contribution is 2.21. The Kier molecular flexibility index (Phi) is 6.07. The van der Waals surface area contributed by atoms with Crippen molar-refractivity contribution in [2.24, 2.45) is 5.73 Å². The monoisotopic (exact) mass is 374 g/mol. The molecule has 0 spiro atoms. The fourth-order valence-corrected chi connectivity index (χ4v) is 2.88. The highest BCUT2D eigenvalue weighted by Gasteiger charge is 2.08. The number of hydrogen-bond acceptors (Lipinski definition) is 3. The fourth-order valence-electron chi connectivity index (χ4n) is 2.88. The molecular formula is C23H22N2O3. The number of methoxy groups -OCH3 is 1. The normalized spacial score (nSPS) is 10.3. The third-order valence-corrected chi connectivity index (χ3v) is 4.49. The average Bonchev–Trinajstić information content (AvgIpc) is 2.74. The van der Waals surface area contributed by atoms with Crippen LogP contribution in [0.5, 0.6) is 5.75 Å². The summed E-state index contributed by atoms with van der Waals surface area (Å²) in [7, 11) is 1.63. The van der Waals surface area contributed by atoms with Gasteiger partial charge in [-0.1, -0.05) is 36.4 Å². The van der Waals surface area contributed by atoms with E-state index in [0.717, 1.165) is 28.9 Å². The quantitative estimate of drug-likeness (QED) is 0.665. The van der Waals surface area contributed by atoms with Gasteiger partial charge in [-0.3, -0.25) is 9.59 Å². The van der Waals surface area contributed by atoms with Gasteiger partial charge < -0.3 is 15.8 Å². The van der Waals surface area contributed by atoms with Crippen LogP contribution in [-0.2, 0) is 6.42 Å². The number of carbonyl (C=O) groups excluding carboxylic acids is 2. The Morgan fingerprint density at radius 1 is 0.893 bits per heavy atom. The van der Waals surface area contributed by atoms with Crippen LogP contribution in [0.15, 0.2) is 72.8 Å². The zero-order valence-corrected chi connectivity index (χ0v) is 15.6. The predicted molar refractivity (Wildman–Crippen MR) is 109 cm³/mol. The topological polar surface area (TPSA) is 81.4 Å². The molecule has 3 aromatic carbocycles. The van der Waals surface area contributed by atoms with Crippen LogP contribution in [0.25, 0.3) is 11.1 Å². The number of nitrogens with one attached hydrogen (secondary N) is 1. The van der Waals surface area contributed by atoms with E-state index in [9.17, 15) is 9.59 Å². The number of hydrogen-bond donors (Lipinski definition) is 2. The maximum Gasteiger partial charge on any atom is 0.251 e. The van der Waals surface area contributed by atoms with Crippen LogP contribution in [0, 0.1) is 0 Å². The predicted octanol–water partition coefficient (Wildman–Crippen LogP) is 3.43. The smallest absolute Gasteiger partial charge is 0.251 e. The van der Waals surface area contributed by atoms with Gasteiger partial charge in [0.15, 0.2) is 0 Å². The first-order valence-corrected chi connectivity index (χ1v) is 8.98. The lowest BCUT2D eigenvalue weighted by Gasteiger charge is -2.08. The van der Waals surface area contributed by atoms with Crippen LogP contribution in [0.1, 0.15) is 26.3 Å². The second-order valence-corrected chi connectivity index (χ2v) is 6.38. The summed E-state index contributed by atoms with van der Waals surface area (Å²) in [6, 6.07) is 22.2. The first-order valence-electron chi connectivity index (χ1n) is 8.98. The minimum atomic E-state index is -0.462. The van der Waals surface area contributed by atoms with Crippen LogP contribution in [0.2, 0.25) is 0 Å². The molecule has 3 rings (SSSR count). The first-order chi connectivity index (χ1) is 13.6. The molecule has 3 aromatic rings. The molecule has 0 fully saturated rings. The van der Waals surface area contributed by atoms with Crippen molar-refractivity contribution in [1.82, 2.24) is 5.32 Å². The summed E-state index contributed by atoms with van der Waals surface area (Å²) in [5, 5.41) is 2.95. The summed E-state index contributed by atoms with van der Waals surface area (Å²) in [5.41, 5.74) is 9.26. The van der Waals surface area contributed by atoms with Gasteiger partial charge in [-0.2, -0.15) is 0 Å². The molecule has 0 bridgehead atoms. The van der Waals surface area contributed by atoms with Crippen LogP contribution < -0.4 is 15.8 Å². The zero-order chi connectivity index (χ0) is 19.9. The van der Waals surface area contributed by atoms with E-state index in [1.54, 1.807) is 25.3 Å². The summed E-state index contributed by atoms with van der Waals surface area (Å²) in [6.07, 6.45) is 0.740. The van der Waals surface area contributed by atoms with Crippen LogP contribution >= 0.6 is 0 Å². The Balaban J connectivity index is 1.62. The number of amides is 2. The third-order valence-electron chi connectivity index (χ3n) is 4.49. The maximum atomic E-state index is 12.5. The van der Waals surface area contributed by atoms with Gasteiger partial charge in [0, 0.05) is 17.7 Å². The molecule has 5 nitrogen and oxygen atoms in total. The Bertz CT molecular complexity index is 964. The molecule has 2 amide bonds. The van der Waals surface area contributed by atoms with Crippen molar-refractivity contribution < 1.29 is 14.3 Å². The summed E-state index contributed by atoms with van der Waals surface area (Å²) in [5.74, 6) is 0.231. The second-order valence-electron chi connectivity index (χ2n) is 6.38. The highest BCUT2D eigenvalue weighted by atomic mass is 16.5. The van der Waals surface area contributed by atoms with Gasteiger partial charge in [-0.05, 0) is 59.5 Å². The van der Waals surface area contributed by atoms with Crippen molar-refractivity contribution in [2.75, 3.05) is 13.7 Å². The average molecular weight is 374 g/mol. The van der Waals surface area contributed by atoms with E-state index >= 15 is 0 Å². The lowest BCUT2D eigenvalue weighted by atomic mass is 10.0. The lowest BCUT2D eigenvalue weighted by molar-refractivity contribution is 0.0952. The van der Waals surface area contributed by atoms with Crippen molar-refractivity contribution >= 4 is 11.8 Å². The SMILES string of the molecule is COc1ccc(CCNC(=O)c2cccc(-c3ccc(C(N)=O)cc3)c2)cc1. The molecule has 0 saturated carbocycles. The lowest BCUT2D eigenvalue weighted by Crippen LogP contribution is -2.25. The molecule has 5 heteroatoms. The van der Waals surface area contributed by atoms with E-state index in [4.69, 9.17) is 10.5 Å². The maximum absolute atomic E-state index is 12.5. The summed E-state index contributed by atoms with van der Waals surface area (Å²) in [4.78, 5) is 23.7. The highest BCUT2D eigenvalue weighted by molar-refractivity contribution is 5.96. The Labute approximate surface area is 164 Å². The van der Waals surface area contributed by atoms with Gasteiger partial charge in [0.2, 0.25) is 5.91 Å². The van der Waals surface area contributed by atoms with Gasteiger partial charge >= 0.3 is 0 Å². The van der Waals surface area contributed by atoms with Crippen molar-refractivity contribution in [3.05, 3.63) is 89.5 Å². The molecule has 0 atom stereocenters. The molecule has 3 N–H and O–H groups in total. The van der Waals surface area contributed by atoms with Gasteiger partial charge in [0.05, 0.1) is 7.11 Å². The minimum Gasteiger partial charge on any atom is -0.497 e. The Morgan fingerprint density at radius 3 is 2.25 bits per heavy atom. The fraction of sp³-hybridized carbons (Fsp3) is 0.130. The second kappa shape index (κ2) is 8.86. The molecule has 0 radical (unpaired) electrons. The van der Waals surface area contributed by atoms with Crippen LogP contribution in [-0.4, -0.2) is 25.5 Å². The first kappa shape index (κ1) is 19.2. The largest absolute Gasteiger partial charge is 0.497 e. The van der Waals surface area contributed by atoms with E-state index in [1.807, 2.05) is 54.6 Å². The Hall–Kier alpha value is -3.60. The van der Waals surface area contributed by atoms with Crippen molar-refractivity contribution in [3.8, 4) is 16.9 Å². The molecule has 0 aromatic heterocycles. The van der Waals surface area contributed by atoms with E-state index < -0.39 is 5.91 Å². The molecule has 0 saturated heterocycles.